The lowest BCUT2D eigenvalue weighted by Gasteiger charge is -2.17. The molecule has 1 N–H and O–H groups in total. The third-order valence-electron chi connectivity index (χ3n) is 3.95. The maximum atomic E-state index is 4.61. The Labute approximate surface area is 125 Å². The fraction of sp³-hybridized carbons (Fsp3) is 0.438. The molecule has 0 aliphatic carbocycles. The van der Waals surface area contributed by atoms with Crippen molar-refractivity contribution in [2.75, 3.05) is 23.3 Å². The molecular formula is C16H21N5. The van der Waals surface area contributed by atoms with E-state index in [9.17, 15) is 0 Å². The Kier molecular flexibility index (Phi) is 3.99. The van der Waals surface area contributed by atoms with E-state index in [1.807, 2.05) is 0 Å². The molecule has 5 heteroatoms. The molecule has 1 saturated heterocycles. The Hall–Kier alpha value is -2.17. The van der Waals surface area contributed by atoms with E-state index in [0.29, 0.717) is 5.95 Å². The fourth-order valence-electron chi connectivity index (χ4n) is 2.76. The van der Waals surface area contributed by atoms with Crippen molar-refractivity contribution in [3.63, 3.8) is 0 Å². The van der Waals surface area contributed by atoms with Crippen LogP contribution in [0, 0.1) is 6.92 Å². The van der Waals surface area contributed by atoms with Crippen molar-refractivity contribution in [1.29, 1.82) is 0 Å². The van der Waals surface area contributed by atoms with Gasteiger partial charge in [-0.1, -0.05) is 25.1 Å². The molecule has 110 valence electrons. The number of aromatic nitrogens is 3. The van der Waals surface area contributed by atoms with Crippen LogP contribution < -0.4 is 10.2 Å². The summed E-state index contributed by atoms with van der Waals surface area (Å²) in [5.41, 5.74) is 3.56. The van der Waals surface area contributed by atoms with Gasteiger partial charge in [-0.25, -0.2) is 0 Å². The Balaban J connectivity index is 1.86. The molecule has 1 aliphatic heterocycles. The minimum Gasteiger partial charge on any atom is -0.355 e. The second-order valence-corrected chi connectivity index (χ2v) is 5.42. The van der Waals surface area contributed by atoms with Gasteiger partial charge in [0.15, 0.2) is 5.82 Å². The van der Waals surface area contributed by atoms with Gasteiger partial charge in [0.05, 0.1) is 6.20 Å². The lowest BCUT2D eigenvalue weighted by Crippen LogP contribution is -2.20. The lowest BCUT2D eigenvalue weighted by molar-refractivity contribution is 0.890. The molecule has 0 atom stereocenters. The Morgan fingerprint density at radius 2 is 2.05 bits per heavy atom. The summed E-state index contributed by atoms with van der Waals surface area (Å²) < 4.78 is 0. The molecule has 1 aromatic carbocycles. The minimum atomic E-state index is 0.573. The number of nitrogens with one attached hydrogen (secondary N) is 1. The van der Waals surface area contributed by atoms with Crippen LogP contribution in [0.3, 0.4) is 0 Å². The van der Waals surface area contributed by atoms with E-state index >= 15 is 0 Å². The molecule has 0 bridgehead atoms. The van der Waals surface area contributed by atoms with Crippen molar-refractivity contribution >= 4 is 17.5 Å². The van der Waals surface area contributed by atoms with Gasteiger partial charge >= 0.3 is 0 Å². The first kappa shape index (κ1) is 13.8. The zero-order valence-corrected chi connectivity index (χ0v) is 12.6. The SMILES string of the molecule is CCc1cccc(C)c1Nc1nncc(N2CCCC2)n1. The molecule has 1 aromatic heterocycles. The molecule has 2 heterocycles. The van der Waals surface area contributed by atoms with Crippen LogP contribution in [-0.2, 0) is 6.42 Å². The largest absolute Gasteiger partial charge is 0.355 e. The highest BCUT2D eigenvalue weighted by Gasteiger charge is 2.15. The molecule has 1 fully saturated rings. The molecule has 0 unspecified atom stereocenters. The first-order valence-electron chi connectivity index (χ1n) is 7.58. The smallest absolute Gasteiger partial charge is 0.249 e. The summed E-state index contributed by atoms with van der Waals surface area (Å²) in [6.07, 6.45) is 5.17. The zero-order chi connectivity index (χ0) is 14.7. The fourth-order valence-corrected chi connectivity index (χ4v) is 2.76. The first-order valence-corrected chi connectivity index (χ1v) is 7.58. The number of benzene rings is 1. The standard InChI is InChI=1S/C16H21N5/c1-3-13-8-6-7-12(2)15(13)19-16-18-14(11-17-20-16)21-9-4-5-10-21/h6-8,11H,3-5,9-10H2,1-2H3,(H,18,19,20). The van der Waals surface area contributed by atoms with Crippen molar-refractivity contribution in [2.24, 2.45) is 0 Å². The van der Waals surface area contributed by atoms with Gasteiger partial charge in [0.25, 0.3) is 0 Å². The van der Waals surface area contributed by atoms with Gasteiger partial charge in [0.1, 0.15) is 0 Å². The van der Waals surface area contributed by atoms with Crippen LogP contribution in [0.5, 0.6) is 0 Å². The maximum Gasteiger partial charge on any atom is 0.249 e. The van der Waals surface area contributed by atoms with Crippen LogP contribution >= 0.6 is 0 Å². The molecule has 1 aliphatic rings. The van der Waals surface area contributed by atoms with Crippen molar-refractivity contribution in [1.82, 2.24) is 15.2 Å². The summed E-state index contributed by atoms with van der Waals surface area (Å²) in [6, 6.07) is 6.31. The molecule has 3 rings (SSSR count). The number of anilines is 3. The molecule has 0 saturated carbocycles. The highest BCUT2D eigenvalue weighted by molar-refractivity contribution is 5.63. The molecule has 21 heavy (non-hydrogen) atoms. The Bertz CT molecular complexity index is 620. The topological polar surface area (TPSA) is 53.9 Å². The monoisotopic (exact) mass is 283 g/mol. The summed E-state index contributed by atoms with van der Waals surface area (Å²) in [5, 5.41) is 11.6. The van der Waals surface area contributed by atoms with E-state index < -0.39 is 0 Å². The maximum absolute atomic E-state index is 4.61. The number of nitrogens with zero attached hydrogens (tertiary/aromatic N) is 4. The number of hydrogen-bond acceptors (Lipinski definition) is 5. The van der Waals surface area contributed by atoms with Crippen LogP contribution in [-0.4, -0.2) is 28.3 Å². The van der Waals surface area contributed by atoms with Crippen LogP contribution in [0.4, 0.5) is 17.5 Å². The van der Waals surface area contributed by atoms with Gasteiger partial charge in [-0.2, -0.15) is 10.1 Å². The van der Waals surface area contributed by atoms with Gasteiger partial charge in [-0.3, -0.25) is 0 Å². The molecule has 0 amide bonds. The van der Waals surface area contributed by atoms with Gasteiger partial charge in [-0.05, 0) is 37.3 Å². The third kappa shape index (κ3) is 2.96. The summed E-state index contributed by atoms with van der Waals surface area (Å²) in [4.78, 5) is 6.87. The van der Waals surface area contributed by atoms with Gasteiger partial charge in [0, 0.05) is 18.8 Å². The van der Waals surface area contributed by atoms with Crippen molar-refractivity contribution < 1.29 is 0 Å². The molecular weight excluding hydrogens is 262 g/mol. The van der Waals surface area contributed by atoms with Crippen molar-refractivity contribution in [3.8, 4) is 0 Å². The Morgan fingerprint density at radius 3 is 2.81 bits per heavy atom. The normalized spacial score (nSPS) is 14.5. The average molecular weight is 283 g/mol. The van der Waals surface area contributed by atoms with E-state index in [-0.39, 0.29) is 0 Å². The quantitative estimate of drug-likeness (QED) is 0.934. The van der Waals surface area contributed by atoms with E-state index in [2.05, 4.69) is 57.4 Å². The van der Waals surface area contributed by atoms with E-state index in [4.69, 9.17) is 0 Å². The highest BCUT2D eigenvalue weighted by Crippen LogP contribution is 2.24. The van der Waals surface area contributed by atoms with E-state index in [1.54, 1.807) is 6.20 Å². The zero-order valence-electron chi connectivity index (χ0n) is 12.6. The highest BCUT2D eigenvalue weighted by atomic mass is 15.3. The van der Waals surface area contributed by atoms with Crippen molar-refractivity contribution in [3.05, 3.63) is 35.5 Å². The average Bonchev–Trinajstić information content (AvgIpc) is 3.04. The second-order valence-electron chi connectivity index (χ2n) is 5.42. The van der Waals surface area contributed by atoms with Crippen molar-refractivity contribution in [2.45, 2.75) is 33.1 Å². The van der Waals surface area contributed by atoms with E-state index in [1.165, 1.54) is 24.0 Å². The predicted molar refractivity (Wildman–Crippen MR) is 85.1 cm³/mol. The first-order chi connectivity index (χ1) is 10.3. The lowest BCUT2D eigenvalue weighted by atomic mass is 10.1. The second kappa shape index (κ2) is 6.08. The third-order valence-corrected chi connectivity index (χ3v) is 3.95. The number of rotatable bonds is 4. The number of aryl methyl sites for hydroxylation is 2. The summed E-state index contributed by atoms with van der Waals surface area (Å²) in [7, 11) is 0. The van der Waals surface area contributed by atoms with Crippen LogP contribution in [0.25, 0.3) is 0 Å². The summed E-state index contributed by atoms with van der Waals surface area (Å²) in [6.45, 7) is 6.37. The number of hydrogen-bond donors (Lipinski definition) is 1. The molecule has 2 aromatic rings. The van der Waals surface area contributed by atoms with Crippen LogP contribution in [0.15, 0.2) is 24.4 Å². The molecule has 5 nitrogen and oxygen atoms in total. The molecule has 0 radical (unpaired) electrons. The van der Waals surface area contributed by atoms with Gasteiger partial charge in [0.2, 0.25) is 5.95 Å². The summed E-state index contributed by atoms with van der Waals surface area (Å²) in [5.74, 6) is 1.49. The molecule has 0 spiro atoms. The minimum absolute atomic E-state index is 0.573. The summed E-state index contributed by atoms with van der Waals surface area (Å²) >= 11 is 0. The van der Waals surface area contributed by atoms with E-state index in [0.717, 1.165) is 31.0 Å². The van der Waals surface area contributed by atoms with Gasteiger partial charge < -0.3 is 10.2 Å². The van der Waals surface area contributed by atoms with Crippen LogP contribution in [0.1, 0.15) is 30.9 Å². The van der Waals surface area contributed by atoms with Crippen LogP contribution in [0.2, 0.25) is 0 Å². The Morgan fingerprint density at radius 1 is 1.24 bits per heavy atom. The predicted octanol–water partition coefficient (Wildman–Crippen LogP) is 3.09. The number of para-hydroxylation sites is 1. The van der Waals surface area contributed by atoms with Gasteiger partial charge in [-0.15, -0.1) is 5.10 Å².